The quantitative estimate of drug-likeness (QED) is 0.628. The largest absolute Gasteiger partial charge is 0.487 e. The molecule has 3 N–H and O–H groups in total. The van der Waals surface area contributed by atoms with Gasteiger partial charge in [-0.15, -0.1) is 0 Å². The van der Waals surface area contributed by atoms with E-state index in [4.69, 9.17) is 4.74 Å². The molecule has 0 spiro atoms. The molecule has 1 fully saturated rings. The van der Waals surface area contributed by atoms with Crippen molar-refractivity contribution in [3.05, 3.63) is 53.6 Å². The zero-order valence-electron chi connectivity index (χ0n) is 16.6. The number of hydrogen-bond donors (Lipinski definition) is 3. The van der Waals surface area contributed by atoms with Gasteiger partial charge in [-0.2, -0.15) is 0 Å². The standard InChI is InChI=1S/C22H26N4O3/c1-12-8-14-4-3-5-18(16(14)10-23-12)29-19-9-17(20(27)21(19)28)26-7-6-15-13(2)24-11-25-22(15)26/h3-7,11-12,17,19-21,23,27-28H,8-10H2,1-2H3/t12-,17-,19+,20+,21-/m1/s1. The number of aromatic nitrogens is 3. The first-order valence-corrected chi connectivity index (χ1v) is 10.2. The van der Waals surface area contributed by atoms with Gasteiger partial charge in [0.05, 0.1) is 11.7 Å². The maximum absolute atomic E-state index is 10.8. The first-order valence-electron chi connectivity index (χ1n) is 10.2. The summed E-state index contributed by atoms with van der Waals surface area (Å²) in [7, 11) is 0. The number of fused-ring (bicyclic) bond motifs is 2. The highest BCUT2D eigenvalue weighted by atomic mass is 16.5. The third-order valence-corrected chi connectivity index (χ3v) is 6.33. The Bertz CT molecular complexity index is 1050. The zero-order valence-corrected chi connectivity index (χ0v) is 16.6. The van der Waals surface area contributed by atoms with Gasteiger partial charge in [0.1, 0.15) is 36.0 Å². The van der Waals surface area contributed by atoms with Crippen molar-refractivity contribution in [2.24, 2.45) is 0 Å². The monoisotopic (exact) mass is 394 g/mol. The molecule has 29 heavy (non-hydrogen) atoms. The van der Waals surface area contributed by atoms with E-state index in [1.165, 1.54) is 11.9 Å². The number of aliphatic hydroxyl groups is 2. The van der Waals surface area contributed by atoms with Gasteiger partial charge >= 0.3 is 0 Å². The van der Waals surface area contributed by atoms with E-state index in [9.17, 15) is 10.2 Å². The minimum Gasteiger partial charge on any atom is -0.487 e. The van der Waals surface area contributed by atoms with Crippen molar-refractivity contribution in [2.75, 3.05) is 0 Å². The smallest absolute Gasteiger partial charge is 0.143 e. The molecule has 3 heterocycles. The van der Waals surface area contributed by atoms with Gasteiger partial charge in [0.25, 0.3) is 0 Å². The van der Waals surface area contributed by atoms with Crippen LogP contribution in [-0.2, 0) is 13.0 Å². The second kappa shape index (κ2) is 7.09. The fourth-order valence-corrected chi connectivity index (χ4v) is 4.68. The average molecular weight is 394 g/mol. The minimum atomic E-state index is -0.966. The summed E-state index contributed by atoms with van der Waals surface area (Å²) in [6.07, 6.45) is 2.52. The minimum absolute atomic E-state index is 0.306. The first-order chi connectivity index (χ1) is 14.0. The second-order valence-corrected chi connectivity index (χ2v) is 8.24. The third kappa shape index (κ3) is 3.10. The number of aliphatic hydroxyl groups excluding tert-OH is 2. The van der Waals surface area contributed by atoms with Gasteiger partial charge in [0.2, 0.25) is 0 Å². The molecular weight excluding hydrogens is 368 g/mol. The van der Waals surface area contributed by atoms with Gasteiger partial charge in [-0.3, -0.25) is 0 Å². The molecule has 0 unspecified atom stereocenters. The lowest BCUT2D eigenvalue weighted by Crippen LogP contribution is -2.36. The maximum Gasteiger partial charge on any atom is 0.143 e. The fourth-order valence-electron chi connectivity index (χ4n) is 4.68. The highest BCUT2D eigenvalue weighted by Gasteiger charge is 2.44. The van der Waals surface area contributed by atoms with Crippen molar-refractivity contribution in [1.29, 1.82) is 0 Å². The van der Waals surface area contributed by atoms with E-state index in [2.05, 4.69) is 28.3 Å². The Hall–Kier alpha value is -2.48. The van der Waals surface area contributed by atoms with Gasteiger partial charge in [-0.05, 0) is 38.0 Å². The Morgan fingerprint density at radius 1 is 1.17 bits per heavy atom. The lowest BCUT2D eigenvalue weighted by molar-refractivity contribution is -0.0166. The van der Waals surface area contributed by atoms with Crippen LogP contribution < -0.4 is 10.1 Å². The molecule has 0 bridgehead atoms. The van der Waals surface area contributed by atoms with Crippen molar-refractivity contribution in [3.8, 4) is 5.75 Å². The molecule has 1 aliphatic heterocycles. The zero-order chi connectivity index (χ0) is 20.1. The summed E-state index contributed by atoms with van der Waals surface area (Å²) in [5, 5.41) is 25.9. The molecule has 5 atom stereocenters. The van der Waals surface area contributed by atoms with Crippen molar-refractivity contribution < 1.29 is 14.9 Å². The van der Waals surface area contributed by atoms with Crippen LogP contribution in [-0.4, -0.2) is 49.1 Å². The van der Waals surface area contributed by atoms with Crippen LogP contribution >= 0.6 is 0 Å². The van der Waals surface area contributed by atoms with Crippen LogP contribution in [0, 0.1) is 6.92 Å². The molecule has 0 radical (unpaired) electrons. The molecule has 1 aliphatic carbocycles. The van der Waals surface area contributed by atoms with Crippen LogP contribution in [0.15, 0.2) is 36.8 Å². The Morgan fingerprint density at radius 2 is 2.03 bits per heavy atom. The second-order valence-electron chi connectivity index (χ2n) is 8.24. The Kier molecular flexibility index (Phi) is 4.53. The number of hydrogen-bond acceptors (Lipinski definition) is 6. The molecule has 152 valence electrons. The van der Waals surface area contributed by atoms with E-state index in [0.29, 0.717) is 12.5 Å². The average Bonchev–Trinajstić information content (AvgIpc) is 3.25. The van der Waals surface area contributed by atoms with Crippen LogP contribution in [0.3, 0.4) is 0 Å². The fraction of sp³-hybridized carbons (Fsp3) is 0.455. The lowest BCUT2D eigenvalue weighted by Gasteiger charge is -2.27. The van der Waals surface area contributed by atoms with Crippen molar-refractivity contribution in [2.45, 2.75) is 63.6 Å². The molecule has 2 aliphatic rings. The van der Waals surface area contributed by atoms with Crippen LogP contribution in [0.5, 0.6) is 5.75 Å². The van der Waals surface area contributed by atoms with Gasteiger partial charge in [-0.25, -0.2) is 9.97 Å². The predicted molar refractivity (Wildman–Crippen MR) is 109 cm³/mol. The van der Waals surface area contributed by atoms with Gasteiger partial charge < -0.3 is 24.8 Å². The molecular formula is C22H26N4O3. The highest BCUT2D eigenvalue weighted by Crippen LogP contribution is 2.37. The van der Waals surface area contributed by atoms with Crippen molar-refractivity contribution in [1.82, 2.24) is 19.9 Å². The molecule has 7 nitrogen and oxygen atoms in total. The Balaban J connectivity index is 1.42. The van der Waals surface area contributed by atoms with Crippen LogP contribution in [0.4, 0.5) is 0 Å². The van der Waals surface area contributed by atoms with Crippen molar-refractivity contribution in [3.63, 3.8) is 0 Å². The van der Waals surface area contributed by atoms with Gasteiger partial charge in [-0.1, -0.05) is 12.1 Å². The molecule has 5 rings (SSSR count). The van der Waals surface area contributed by atoms with E-state index in [1.807, 2.05) is 35.9 Å². The molecule has 7 heteroatoms. The van der Waals surface area contributed by atoms with Crippen LogP contribution in [0.2, 0.25) is 0 Å². The summed E-state index contributed by atoms with van der Waals surface area (Å²) >= 11 is 0. The summed E-state index contributed by atoms with van der Waals surface area (Å²) in [6.45, 7) is 4.86. The molecule has 0 amide bonds. The first kappa shape index (κ1) is 18.5. The number of nitrogens with zero attached hydrogens (tertiary/aromatic N) is 3. The summed E-state index contributed by atoms with van der Waals surface area (Å²) in [6, 6.07) is 8.17. The molecule has 2 aromatic heterocycles. The van der Waals surface area contributed by atoms with Crippen LogP contribution in [0.1, 0.15) is 36.2 Å². The van der Waals surface area contributed by atoms with Crippen LogP contribution in [0.25, 0.3) is 11.0 Å². The summed E-state index contributed by atoms with van der Waals surface area (Å²) in [4.78, 5) is 8.62. The molecule has 1 saturated carbocycles. The number of rotatable bonds is 3. The highest BCUT2D eigenvalue weighted by molar-refractivity contribution is 5.78. The molecule has 3 aromatic rings. The molecule has 0 saturated heterocycles. The van der Waals surface area contributed by atoms with Gasteiger partial charge in [0.15, 0.2) is 0 Å². The number of benzene rings is 1. The Labute approximate surface area is 169 Å². The van der Waals surface area contributed by atoms with Gasteiger partial charge in [0, 0.05) is 36.2 Å². The third-order valence-electron chi connectivity index (χ3n) is 6.33. The summed E-state index contributed by atoms with van der Waals surface area (Å²) < 4.78 is 8.20. The Morgan fingerprint density at radius 3 is 2.90 bits per heavy atom. The normalized spacial score (nSPS) is 29.2. The summed E-state index contributed by atoms with van der Waals surface area (Å²) in [5.41, 5.74) is 4.09. The van der Waals surface area contributed by atoms with E-state index >= 15 is 0 Å². The number of ether oxygens (including phenoxy) is 1. The van der Waals surface area contributed by atoms with E-state index in [-0.39, 0.29) is 6.04 Å². The van der Waals surface area contributed by atoms with E-state index in [0.717, 1.165) is 41.0 Å². The maximum atomic E-state index is 10.8. The van der Waals surface area contributed by atoms with Crippen molar-refractivity contribution >= 4 is 11.0 Å². The molecule has 1 aromatic carbocycles. The lowest BCUT2D eigenvalue weighted by atomic mass is 9.96. The van der Waals surface area contributed by atoms with E-state index < -0.39 is 18.3 Å². The topological polar surface area (TPSA) is 92.4 Å². The number of aryl methyl sites for hydroxylation is 1. The van der Waals surface area contributed by atoms with E-state index in [1.54, 1.807) is 0 Å². The SMILES string of the molecule is Cc1ncnc2c1ccn2[C@@H]1C[C@H](Oc2cccc3c2CN[C@H](C)C3)[C@@H](O)[C@H]1O. The predicted octanol–water partition coefficient (Wildman–Crippen LogP) is 1.89. The number of nitrogens with one attached hydrogen (secondary N) is 1. The summed E-state index contributed by atoms with van der Waals surface area (Å²) in [5.74, 6) is 0.786.